The van der Waals surface area contributed by atoms with E-state index in [2.05, 4.69) is 15.6 Å². The van der Waals surface area contributed by atoms with Gasteiger partial charge >= 0.3 is 0 Å². The number of carbonyl (C=O) groups is 1. The standard InChI is InChI=1S/C17H32N4O.HI/c18-17(21-15-9-5-2-6-10-15)20-12-11-19-16(22)13-14-7-3-1-4-8-14;/h14-15H,1-13H2,(H,19,22)(H3,18,20,21);1H. The van der Waals surface area contributed by atoms with E-state index in [4.69, 9.17) is 5.73 Å². The monoisotopic (exact) mass is 436 g/mol. The second kappa shape index (κ2) is 11.9. The van der Waals surface area contributed by atoms with Gasteiger partial charge in [0.15, 0.2) is 5.96 Å². The van der Waals surface area contributed by atoms with Gasteiger partial charge < -0.3 is 16.4 Å². The smallest absolute Gasteiger partial charge is 0.220 e. The number of nitrogens with one attached hydrogen (secondary N) is 2. The van der Waals surface area contributed by atoms with Gasteiger partial charge in [-0.15, -0.1) is 24.0 Å². The summed E-state index contributed by atoms with van der Waals surface area (Å²) in [4.78, 5) is 16.2. The third kappa shape index (κ3) is 8.77. The maximum Gasteiger partial charge on any atom is 0.220 e. The molecule has 0 heterocycles. The summed E-state index contributed by atoms with van der Waals surface area (Å²) in [6, 6.07) is 0.485. The van der Waals surface area contributed by atoms with Gasteiger partial charge in [-0.1, -0.05) is 38.5 Å². The van der Waals surface area contributed by atoms with Crippen LogP contribution in [0.5, 0.6) is 0 Å². The van der Waals surface area contributed by atoms with E-state index in [9.17, 15) is 4.79 Å². The quantitative estimate of drug-likeness (QED) is 0.259. The number of aliphatic imine (C=N–C) groups is 1. The highest BCUT2D eigenvalue weighted by Crippen LogP contribution is 2.25. The molecule has 0 aliphatic heterocycles. The Morgan fingerprint density at radius 2 is 1.61 bits per heavy atom. The number of halogens is 1. The van der Waals surface area contributed by atoms with Gasteiger partial charge in [-0.2, -0.15) is 0 Å². The molecule has 1 amide bonds. The number of hydrogen-bond acceptors (Lipinski definition) is 2. The largest absolute Gasteiger partial charge is 0.370 e. The van der Waals surface area contributed by atoms with Crippen molar-refractivity contribution in [2.24, 2.45) is 16.6 Å². The maximum absolute atomic E-state index is 11.9. The Kier molecular flexibility index (Phi) is 10.6. The number of nitrogens with zero attached hydrogens (tertiary/aromatic N) is 1. The highest BCUT2D eigenvalue weighted by Gasteiger charge is 2.16. The van der Waals surface area contributed by atoms with Crippen LogP contribution in [0.4, 0.5) is 0 Å². The summed E-state index contributed by atoms with van der Waals surface area (Å²) in [7, 11) is 0. The van der Waals surface area contributed by atoms with Crippen LogP contribution >= 0.6 is 24.0 Å². The van der Waals surface area contributed by atoms with Gasteiger partial charge in [-0.25, -0.2) is 0 Å². The summed E-state index contributed by atoms with van der Waals surface area (Å²) in [6.07, 6.45) is 13.3. The molecule has 6 heteroatoms. The topological polar surface area (TPSA) is 79.5 Å². The van der Waals surface area contributed by atoms with Crippen molar-refractivity contribution in [1.29, 1.82) is 0 Å². The lowest BCUT2D eigenvalue weighted by atomic mass is 9.87. The predicted octanol–water partition coefficient (Wildman–Crippen LogP) is 2.93. The number of guanidine groups is 1. The molecule has 2 rings (SSSR count). The first kappa shape index (κ1) is 20.5. The minimum Gasteiger partial charge on any atom is -0.370 e. The van der Waals surface area contributed by atoms with Crippen LogP contribution in [-0.4, -0.2) is 31.0 Å². The second-order valence-corrected chi connectivity index (χ2v) is 6.80. The van der Waals surface area contributed by atoms with Crippen LogP contribution in [0.25, 0.3) is 0 Å². The number of nitrogens with two attached hydrogens (primary N) is 1. The molecule has 5 nitrogen and oxygen atoms in total. The number of carbonyl (C=O) groups excluding carboxylic acids is 1. The molecule has 2 aliphatic carbocycles. The van der Waals surface area contributed by atoms with E-state index < -0.39 is 0 Å². The van der Waals surface area contributed by atoms with Crippen molar-refractivity contribution in [3.05, 3.63) is 0 Å². The Morgan fingerprint density at radius 1 is 1.00 bits per heavy atom. The van der Waals surface area contributed by atoms with Crippen LogP contribution < -0.4 is 16.4 Å². The van der Waals surface area contributed by atoms with E-state index >= 15 is 0 Å². The van der Waals surface area contributed by atoms with Crippen molar-refractivity contribution in [3.63, 3.8) is 0 Å². The van der Waals surface area contributed by atoms with Gasteiger partial charge in [0.1, 0.15) is 0 Å². The zero-order chi connectivity index (χ0) is 15.6. The average molecular weight is 436 g/mol. The van der Waals surface area contributed by atoms with Crippen LogP contribution in [0, 0.1) is 5.92 Å². The van der Waals surface area contributed by atoms with Crippen LogP contribution in [0.1, 0.15) is 70.6 Å². The van der Waals surface area contributed by atoms with Crippen molar-refractivity contribution in [3.8, 4) is 0 Å². The molecule has 0 saturated heterocycles. The van der Waals surface area contributed by atoms with Gasteiger partial charge in [0.2, 0.25) is 5.91 Å². The Hall–Kier alpha value is -0.530. The lowest BCUT2D eigenvalue weighted by Crippen LogP contribution is -2.41. The molecule has 2 aliphatic rings. The molecular formula is C17H33IN4O. The molecule has 0 aromatic rings. The normalized spacial score (nSPS) is 20.6. The van der Waals surface area contributed by atoms with Crippen molar-refractivity contribution in [2.45, 2.75) is 76.7 Å². The van der Waals surface area contributed by atoms with Crippen LogP contribution in [-0.2, 0) is 4.79 Å². The van der Waals surface area contributed by atoms with Crippen molar-refractivity contribution in [1.82, 2.24) is 10.6 Å². The molecule has 2 fully saturated rings. The SMILES string of the molecule is I.NC(=NCCNC(=O)CC1CCCCC1)NC1CCCCC1. The first-order valence-electron chi connectivity index (χ1n) is 9.07. The maximum atomic E-state index is 11.9. The molecule has 23 heavy (non-hydrogen) atoms. The Balaban J connectivity index is 0.00000264. The zero-order valence-electron chi connectivity index (χ0n) is 14.2. The molecule has 2 saturated carbocycles. The van der Waals surface area contributed by atoms with E-state index in [1.54, 1.807) is 0 Å². The van der Waals surface area contributed by atoms with Crippen LogP contribution in [0.3, 0.4) is 0 Å². The molecule has 0 aromatic heterocycles. The molecule has 0 radical (unpaired) electrons. The molecule has 0 unspecified atom stereocenters. The first-order chi connectivity index (χ1) is 10.7. The fourth-order valence-electron chi connectivity index (χ4n) is 3.60. The summed E-state index contributed by atoms with van der Waals surface area (Å²) < 4.78 is 0. The zero-order valence-corrected chi connectivity index (χ0v) is 16.5. The molecule has 0 bridgehead atoms. The molecule has 0 atom stereocenters. The molecular weight excluding hydrogens is 403 g/mol. The molecule has 0 spiro atoms. The highest BCUT2D eigenvalue weighted by molar-refractivity contribution is 14.0. The average Bonchev–Trinajstić information content (AvgIpc) is 2.53. The minimum absolute atomic E-state index is 0. The summed E-state index contributed by atoms with van der Waals surface area (Å²) >= 11 is 0. The van der Waals surface area contributed by atoms with E-state index in [0.29, 0.717) is 37.4 Å². The summed E-state index contributed by atoms with van der Waals surface area (Å²) in [5.74, 6) is 1.28. The third-order valence-electron chi connectivity index (χ3n) is 4.87. The Bertz CT molecular complexity index is 364. The van der Waals surface area contributed by atoms with Crippen LogP contribution in [0.2, 0.25) is 0 Å². The first-order valence-corrected chi connectivity index (χ1v) is 9.07. The Morgan fingerprint density at radius 3 is 2.26 bits per heavy atom. The third-order valence-corrected chi connectivity index (χ3v) is 4.87. The Labute approximate surface area is 157 Å². The van der Waals surface area contributed by atoms with Gasteiger partial charge in [0, 0.05) is 19.0 Å². The van der Waals surface area contributed by atoms with Crippen LogP contribution in [0.15, 0.2) is 4.99 Å². The summed E-state index contributed by atoms with van der Waals surface area (Å²) in [5.41, 5.74) is 5.90. The van der Waals surface area contributed by atoms with E-state index in [0.717, 1.165) is 0 Å². The van der Waals surface area contributed by atoms with Crippen molar-refractivity contribution in [2.75, 3.05) is 13.1 Å². The van der Waals surface area contributed by atoms with Gasteiger partial charge in [-0.3, -0.25) is 9.79 Å². The second-order valence-electron chi connectivity index (χ2n) is 6.80. The number of hydrogen-bond donors (Lipinski definition) is 3. The lowest BCUT2D eigenvalue weighted by molar-refractivity contribution is -0.122. The highest BCUT2D eigenvalue weighted by atomic mass is 127. The van der Waals surface area contributed by atoms with Crippen molar-refractivity contribution < 1.29 is 4.79 Å². The fourth-order valence-corrected chi connectivity index (χ4v) is 3.60. The molecule has 0 aromatic carbocycles. The lowest BCUT2D eigenvalue weighted by Gasteiger charge is -2.23. The minimum atomic E-state index is 0. The summed E-state index contributed by atoms with van der Waals surface area (Å²) in [5, 5.41) is 6.25. The fraction of sp³-hybridized carbons (Fsp3) is 0.882. The van der Waals surface area contributed by atoms with Gasteiger partial charge in [-0.05, 0) is 31.6 Å². The molecule has 134 valence electrons. The van der Waals surface area contributed by atoms with Gasteiger partial charge in [0.05, 0.1) is 6.54 Å². The van der Waals surface area contributed by atoms with Gasteiger partial charge in [0.25, 0.3) is 0 Å². The van der Waals surface area contributed by atoms with E-state index in [-0.39, 0.29) is 29.9 Å². The summed E-state index contributed by atoms with van der Waals surface area (Å²) in [6.45, 7) is 1.14. The predicted molar refractivity (Wildman–Crippen MR) is 106 cm³/mol. The molecule has 4 N–H and O–H groups in total. The van der Waals surface area contributed by atoms with E-state index in [1.165, 1.54) is 64.2 Å². The number of rotatable bonds is 6. The number of amides is 1. The van der Waals surface area contributed by atoms with Crippen molar-refractivity contribution >= 4 is 35.8 Å². The van der Waals surface area contributed by atoms with E-state index in [1.807, 2.05) is 0 Å².